The van der Waals surface area contributed by atoms with E-state index >= 15 is 0 Å². The minimum Gasteiger partial charge on any atom is -0.371 e. The number of hydrogen-bond donors (Lipinski definition) is 0. The maximum absolute atomic E-state index is 6.20. The Kier molecular flexibility index (Phi) is 6.43. The van der Waals surface area contributed by atoms with Gasteiger partial charge in [-0.1, -0.05) is 44.4 Å². The van der Waals surface area contributed by atoms with Crippen LogP contribution in [0.3, 0.4) is 0 Å². The monoisotopic (exact) mass is 253 g/mol. The fourth-order valence-corrected chi connectivity index (χ4v) is 2.02. The number of anilines is 1. The summed E-state index contributed by atoms with van der Waals surface area (Å²) in [5.74, 6) is 0. The van der Waals surface area contributed by atoms with E-state index in [4.69, 9.17) is 11.6 Å². The minimum atomic E-state index is 0.875. The van der Waals surface area contributed by atoms with Gasteiger partial charge in [-0.25, -0.2) is 0 Å². The number of benzene rings is 1. The average molecular weight is 254 g/mol. The quantitative estimate of drug-likeness (QED) is 0.657. The van der Waals surface area contributed by atoms with E-state index in [0.717, 1.165) is 23.7 Å². The molecule has 0 aliphatic rings. The summed E-state index contributed by atoms with van der Waals surface area (Å²) in [7, 11) is 0. The van der Waals surface area contributed by atoms with E-state index in [1.807, 2.05) is 0 Å². The molecule has 1 rings (SSSR count). The Balaban J connectivity index is 2.75. The maximum atomic E-state index is 6.20. The van der Waals surface area contributed by atoms with Crippen LogP contribution in [0.2, 0.25) is 5.02 Å². The molecule has 96 valence electrons. The summed E-state index contributed by atoms with van der Waals surface area (Å²) < 4.78 is 0. The summed E-state index contributed by atoms with van der Waals surface area (Å²) in [6, 6.07) is 6.40. The summed E-state index contributed by atoms with van der Waals surface area (Å²) in [6.45, 7) is 8.79. The van der Waals surface area contributed by atoms with Gasteiger partial charge < -0.3 is 4.90 Å². The van der Waals surface area contributed by atoms with Crippen molar-refractivity contribution in [3.05, 3.63) is 28.8 Å². The largest absolute Gasteiger partial charge is 0.371 e. The van der Waals surface area contributed by atoms with Crippen molar-refractivity contribution in [3.8, 4) is 0 Å². The highest BCUT2D eigenvalue weighted by atomic mass is 35.5. The number of aryl methyl sites for hydroxylation is 1. The molecule has 0 amide bonds. The molecule has 2 heteroatoms. The van der Waals surface area contributed by atoms with Crippen LogP contribution < -0.4 is 4.90 Å². The molecule has 0 aliphatic heterocycles. The number of nitrogens with zero attached hydrogens (tertiary/aromatic N) is 1. The summed E-state index contributed by atoms with van der Waals surface area (Å²) in [4.78, 5) is 2.46. The number of hydrogen-bond acceptors (Lipinski definition) is 1. The smallest absolute Gasteiger partial charge is 0.0455 e. The topological polar surface area (TPSA) is 3.24 Å². The van der Waals surface area contributed by atoms with Crippen LogP contribution >= 0.6 is 11.6 Å². The highest BCUT2D eigenvalue weighted by molar-refractivity contribution is 6.31. The summed E-state index contributed by atoms with van der Waals surface area (Å²) in [6.07, 6.45) is 4.97. The third-order valence-electron chi connectivity index (χ3n) is 3.08. The van der Waals surface area contributed by atoms with E-state index < -0.39 is 0 Å². The average Bonchev–Trinajstić information content (AvgIpc) is 2.33. The van der Waals surface area contributed by atoms with Crippen LogP contribution in [-0.4, -0.2) is 13.1 Å². The van der Waals surface area contributed by atoms with Crippen molar-refractivity contribution in [2.24, 2.45) is 0 Å². The molecule has 0 saturated carbocycles. The lowest BCUT2D eigenvalue weighted by Crippen LogP contribution is -2.25. The van der Waals surface area contributed by atoms with Gasteiger partial charge in [0.05, 0.1) is 0 Å². The first-order chi connectivity index (χ1) is 8.19. The standard InChI is InChI=1S/C15H24ClN/c1-4-6-10-17(11-7-5-2)14-9-8-13(3)15(16)12-14/h8-9,12H,4-7,10-11H2,1-3H3. The van der Waals surface area contributed by atoms with Gasteiger partial charge in [-0.2, -0.15) is 0 Å². The summed E-state index contributed by atoms with van der Waals surface area (Å²) in [5, 5.41) is 0.875. The molecule has 0 aliphatic carbocycles. The lowest BCUT2D eigenvalue weighted by Gasteiger charge is -2.25. The van der Waals surface area contributed by atoms with Crippen LogP contribution in [0.25, 0.3) is 0 Å². The van der Waals surface area contributed by atoms with Crippen molar-refractivity contribution in [1.29, 1.82) is 0 Å². The molecular weight excluding hydrogens is 230 g/mol. The Morgan fingerprint density at radius 1 is 1.06 bits per heavy atom. The SMILES string of the molecule is CCCCN(CCCC)c1ccc(C)c(Cl)c1. The molecular formula is C15H24ClN. The van der Waals surface area contributed by atoms with Crippen molar-refractivity contribution in [1.82, 2.24) is 0 Å². The van der Waals surface area contributed by atoms with E-state index in [2.05, 4.69) is 43.9 Å². The van der Waals surface area contributed by atoms with Crippen molar-refractivity contribution in [2.45, 2.75) is 46.5 Å². The third-order valence-corrected chi connectivity index (χ3v) is 3.49. The van der Waals surface area contributed by atoms with Gasteiger partial charge in [0.1, 0.15) is 0 Å². The van der Waals surface area contributed by atoms with Gasteiger partial charge in [0.25, 0.3) is 0 Å². The zero-order valence-corrected chi connectivity index (χ0v) is 12.1. The maximum Gasteiger partial charge on any atom is 0.0455 e. The Hall–Kier alpha value is -0.690. The van der Waals surface area contributed by atoms with E-state index in [1.165, 1.54) is 31.4 Å². The number of rotatable bonds is 7. The Morgan fingerprint density at radius 2 is 1.65 bits per heavy atom. The van der Waals surface area contributed by atoms with Crippen molar-refractivity contribution in [2.75, 3.05) is 18.0 Å². The van der Waals surface area contributed by atoms with Gasteiger partial charge in [-0.05, 0) is 37.5 Å². The fraction of sp³-hybridized carbons (Fsp3) is 0.600. The molecule has 0 bridgehead atoms. The summed E-state index contributed by atoms with van der Waals surface area (Å²) in [5.41, 5.74) is 2.42. The zero-order chi connectivity index (χ0) is 12.7. The molecule has 1 nitrogen and oxygen atoms in total. The lowest BCUT2D eigenvalue weighted by atomic mass is 10.2. The Bertz CT molecular complexity index is 328. The molecule has 0 aromatic heterocycles. The molecule has 17 heavy (non-hydrogen) atoms. The predicted octanol–water partition coefficient (Wildman–Crippen LogP) is 5.06. The summed E-state index contributed by atoms with van der Waals surface area (Å²) >= 11 is 6.20. The molecule has 0 saturated heterocycles. The van der Waals surface area contributed by atoms with Crippen molar-refractivity contribution < 1.29 is 0 Å². The molecule has 1 aromatic carbocycles. The molecule has 0 fully saturated rings. The van der Waals surface area contributed by atoms with E-state index in [9.17, 15) is 0 Å². The second kappa shape index (κ2) is 7.60. The van der Waals surface area contributed by atoms with Crippen molar-refractivity contribution >= 4 is 17.3 Å². The van der Waals surface area contributed by atoms with Crippen LogP contribution in [0.1, 0.15) is 45.1 Å². The van der Waals surface area contributed by atoms with Crippen molar-refractivity contribution in [3.63, 3.8) is 0 Å². The van der Waals surface area contributed by atoms with Gasteiger partial charge in [0.2, 0.25) is 0 Å². The third kappa shape index (κ3) is 4.59. The molecule has 0 N–H and O–H groups in total. The second-order valence-electron chi connectivity index (χ2n) is 4.63. The van der Waals surface area contributed by atoms with Gasteiger partial charge in [0.15, 0.2) is 0 Å². The lowest BCUT2D eigenvalue weighted by molar-refractivity contribution is 0.678. The minimum absolute atomic E-state index is 0.875. The second-order valence-corrected chi connectivity index (χ2v) is 5.03. The number of unbranched alkanes of at least 4 members (excludes halogenated alkanes) is 2. The van der Waals surface area contributed by atoms with E-state index in [-0.39, 0.29) is 0 Å². The van der Waals surface area contributed by atoms with Crippen LogP contribution in [0.5, 0.6) is 0 Å². The fourth-order valence-electron chi connectivity index (χ4n) is 1.85. The van der Waals surface area contributed by atoms with Crippen LogP contribution in [0.4, 0.5) is 5.69 Å². The first kappa shape index (κ1) is 14.4. The Labute approximate surface area is 111 Å². The first-order valence-electron chi connectivity index (χ1n) is 6.70. The molecule has 1 aromatic rings. The molecule has 0 spiro atoms. The first-order valence-corrected chi connectivity index (χ1v) is 7.08. The highest BCUT2D eigenvalue weighted by Gasteiger charge is 2.06. The van der Waals surface area contributed by atoms with Gasteiger partial charge in [-0.15, -0.1) is 0 Å². The molecule has 0 radical (unpaired) electrons. The van der Waals surface area contributed by atoms with Gasteiger partial charge >= 0.3 is 0 Å². The molecule has 0 atom stereocenters. The zero-order valence-electron chi connectivity index (χ0n) is 11.3. The number of halogens is 1. The predicted molar refractivity (Wildman–Crippen MR) is 78.2 cm³/mol. The van der Waals surface area contributed by atoms with E-state index in [0.29, 0.717) is 0 Å². The van der Waals surface area contributed by atoms with Crippen LogP contribution in [0, 0.1) is 6.92 Å². The van der Waals surface area contributed by atoms with E-state index in [1.54, 1.807) is 0 Å². The van der Waals surface area contributed by atoms with Crippen LogP contribution in [-0.2, 0) is 0 Å². The van der Waals surface area contributed by atoms with Gasteiger partial charge in [0, 0.05) is 23.8 Å². The van der Waals surface area contributed by atoms with Crippen LogP contribution in [0.15, 0.2) is 18.2 Å². The highest BCUT2D eigenvalue weighted by Crippen LogP contribution is 2.23. The molecule has 0 unspecified atom stereocenters. The van der Waals surface area contributed by atoms with Gasteiger partial charge in [-0.3, -0.25) is 0 Å². The Morgan fingerprint density at radius 3 is 2.12 bits per heavy atom. The normalized spacial score (nSPS) is 10.6. The molecule has 0 heterocycles.